The monoisotopic (exact) mass is 497 g/mol. The molecule has 0 fully saturated rings. The maximum absolute atomic E-state index is 12.9. The molecule has 4 rings (SSSR count). The Morgan fingerprint density at radius 2 is 1.97 bits per heavy atom. The quantitative estimate of drug-likeness (QED) is 0.480. The van der Waals surface area contributed by atoms with Crippen molar-refractivity contribution >= 4 is 27.5 Å². The first-order chi connectivity index (χ1) is 16.7. The first kappa shape index (κ1) is 25.2. The molecule has 0 saturated carbocycles. The second kappa shape index (κ2) is 10.4. The fourth-order valence-electron chi connectivity index (χ4n) is 4.79. The van der Waals surface area contributed by atoms with Crippen LogP contribution in [0.3, 0.4) is 0 Å². The predicted octanol–water partition coefficient (Wildman–Crippen LogP) is 4.44. The average molecular weight is 498 g/mol. The maximum atomic E-state index is 12.9. The van der Waals surface area contributed by atoms with Gasteiger partial charge in [-0.05, 0) is 60.3 Å². The highest BCUT2D eigenvalue weighted by molar-refractivity contribution is 7.18. The first-order valence-corrected chi connectivity index (χ1v) is 13.0. The lowest BCUT2D eigenvalue weighted by Gasteiger charge is -2.33. The zero-order valence-corrected chi connectivity index (χ0v) is 22.1. The molecule has 35 heavy (non-hydrogen) atoms. The van der Waals surface area contributed by atoms with E-state index < -0.39 is 0 Å². The molecule has 3 aromatic rings. The van der Waals surface area contributed by atoms with Crippen molar-refractivity contribution in [2.75, 3.05) is 20.8 Å². The number of methoxy groups -OCH3 is 2. The van der Waals surface area contributed by atoms with Gasteiger partial charge in [-0.3, -0.25) is 9.59 Å². The van der Waals surface area contributed by atoms with E-state index in [1.807, 2.05) is 18.2 Å². The van der Waals surface area contributed by atoms with Gasteiger partial charge in [0.05, 0.1) is 19.6 Å². The highest BCUT2D eigenvalue weighted by atomic mass is 32.1. The van der Waals surface area contributed by atoms with Crippen LogP contribution >= 0.6 is 11.3 Å². The minimum absolute atomic E-state index is 0.0632. The van der Waals surface area contributed by atoms with Crippen molar-refractivity contribution in [2.45, 2.75) is 59.3 Å². The number of hydrogen-bond acceptors (Lipinski definition) is 6. The van der Waals surface area contributed by atoms with Gasteiger partial charge >= 0.3 is 0 Å². The van der Waals surface area contributed by atoms with Crippen LogP contribution in [0.1, 0.15) is 55.4 Å². The standard InChI is InChI=1S/C27H35N3O4S/c1-27(2,3)17-7-8-18-21(15-17)35-26-24(18)25(32)29-22(30-26)10-11-23(31)28-13-12-16-6-9-19(33-4)20(14-16)34-5/h6,9,14,17H,7-8,10-13,15H2,1-5H3,(H,28,31)(H,29,30,32)/t17-/m0/s1. The van der Waals surface area contributed by atoms with Crippen LogP contribution in [0, 0.1) is 11.3 Å². The summed E-state index contributed by atoms with van der Waals surface area (Å²) in [6, 6.07) is 5.74. The molecule has 1 aliphatic carbocycles. The minimum atomic E-state index is -0.0782. The molecule has 2 heterocycles. The zero-order chi connectivity index (χ0) is 25.2. The highest BCUT2D eigenvalue weighted by Crippen LogP contribution is 2.42. The van der Waals surface area contributed by atoms with Gasteiger partial charge in [0.15, 0.2) is 11.5 Å². The molecule has 0 unspecified atom stereocenters. The van der Waals surface area contributed by atoms with Crippen LogP contribution in [-0.2, 0) is 30.5 Å². The van der Waals surface area contributed by atoms with Crippen molar-refractivity contribution in [3.63, 3.8) is 0 Å². The number of aromatic nitrogens is 2. The van der Waals surface area contributed by atoms with Gasteiger partial charge in [-0.25, -0.2) is 4.98 Å². The molecule has 188 valence electrons. The number of carbonyl (C=O) groups is 1. The van der Waals surface area contributed by atoms with E-state index >= 15 is 0 Å². The molecule has 1 aromatic carbocycles. The number of ether oxygens (including phenoxy) is 2. The summed E-state index contributed by atoms with van der Waals surface area (Å²) in [5.74, 6) is 2.48. The molecule has 0 radical (unpaired) electrons. The number of benzene rings is 1. The summed E-state index contributed by atoms with van der Waals surface area (Å²) in [7, 11) is 3.21. The Morgan fingerprint density at radius 3 is 2.69 bits per heavy atom. The lowest BCUT2D eigenvalue weighted by Crippen LogP contribution is -2.27. The van der Waals surface area contributed by atoms with Crippen molar-refractivity contribution in [3.05, 3.63) is 50.4 Å². The molecule has 0 bridgehead atoms. The number of fused-ring (bicyclic) bond motifs is 3. The van der Waals surface area contributed by atoms with E-state index in [0.717, 1.165) is 35.0 Å². The fraction of sp³-hybridized carbons (Fsp3) is 0.519. The molecule has 1 aliphatic rings. The van der Waals surface area contributed by atoms with Crippen LogP contribution in [0.2, 0.25) is 0 Å². The Labute approximate surface area is 210 Å². The fourth-order valence-corrected chi connectivity index (χ4v) is 6.11. The van der Waals surface area contributed by atoms with E-state index in [0.29, 0.717) is 42.6 Å². The molecule has 0 saturated heterocycles. The molecular weight excluding hydrogens is 462 g/mol. The van der Waals surface area contributed by atoms with Gasteiger partial charge in [0, 0.05) is 24.3 Å². The summed E-state index contributed by atoms with van der Waals surface area (Å²) >= 11 is 1.65. The average Bonchev–Trinajstić information content (AvgIpc) is 3.20. The summed E-state index contributed by atoms with van der Waals surface area (Å²) in [5, 5.41) is 3.70. The minimum Gasteiger partial charge on any atom is -0.493 e. The molecule has 1 amide bonds. The van der Waals surface area contributed by atoms with Crippen LogP contribution in [-0.4, -0.2) is 36.6 Å². The molecular formula is C27H35N3O4S. The van der Waals surface area contributed by atoms with Crippen molar-refractivity contribution in [3.8, 4) is 11.5 Å². The number of carbonyl (C=O) groups excluding carboxylic acids is 1. The van der Waals surface area contributed by atoms with E-state index in [9.17, 15) is 9.59 Å². The van der Waals surface area contributed by atoms with Crippen LogP contribution in [0.4, 0.5) is 0 Å². The van der Waals surface area contributed by atoms with Crippen LogP contribution in [0.15, 0.2) is 23.0 Å². The van der Waals surface area contributed by atoms with Crippen LogP contribution in [0.25, 0.3) is 10.2 Å². The molecule has 8 heteroatoms. The zero-order valence-electron chi connectivity index (χ0n) is 21.2. The summed E-state index contributed by atoms with van der Waals surface area (Å²) in [6.45, 7) is 7.39. The summed E-state index contributed by atoms with van der Waals surface area (Å²) in [5.41, 5.74) is 2.41. The van der Waals surface area contributed by atoms with Crippen LogP contribution in [0.5, 0.6) is 11.5 Å². The van der Waals surface area contributed by atoms with E-state index in [2.05, 4.69) is 31.1 Å². The van der Waals surface area contributed by atoms with Crippen LogP contribution < -0.4 is 20.3 Å². The van der Waals surface area contributed by atoms with Gasteiger partial charge in [-0.1, -0.05) is 26.8 Å². The largest absolute Gasteiger partial charge is 0.493 e. The number of amides is 1. The lowest BCUT2D eigenvalue weighted by molar-refractivity contribution is -0.121. The Hall–Kier alpha value is -2.87. The van der Waals surface area contributed by atoms with E-state index in [4.69, 9.17) is 14.5 Å². The third kappa shape index (κ3) is 5.69. The normalized spacial score (nSPS) is 15.6. The number of thiophene rings is 1. The Kier molecular flexibility index (Phi) is 7.50. The van der Waals surface area contributed by atoms with Crippen molar-refractivity contribution in [1.82, 2.24) is 15.3 Å². The maximum Gasteiger partial charge on any atom is 0.259 e. The summed E-state index contributed by atoms with van der Waals surface area (Å²) in [6.07, 6.45) is 4.41. The Morgan fingerprint density at radius 1 is 1.20 bits per heavy atom. The van der Waals surface area contributed by atoms with E-state index in [1.54, 1.807) is 25.6 Å². The Bertz CT molecular complexity index is 1270. The van der Waals surface area contributed by atoms with E-state index in [1.165, 1.54) is 10.4 Å². The number of nitrogens with zero attached hydrogens (tertiary/aromatic N) is 1. The number of rotatable bonds is 8. The highest BCUT2D eigenvalue weighted by Gasteiger charge is 2.31. The predicted molar refractivity (Wildman–Crippen MR) is 140 cm³/mol. The van der Waals surface area contributed by atoms with E-state index in [-0.39, 0.29) is 23.3 Å². The molecule has 0 aliphatic heterocycles. The van der Waals surface area contributed by atoms with Gasteiger partial charge in [0.2, 0.25) is 5.91 Å². The van der Waals surface area contributed by atoms with Crippen molar-refractivity contribution in [1.29, 1.82) is 0 Å². The molecule has 2 N–H and O–H groups in total. The third-order valence-electron chi connectivity index (χ3n) is 6.97. The van der Waals surface area contributed by atoms with Crippen molar-refractivity contribution < 1.29 is 14.3 Å². The first-order valence-electron chi connectivity index (χ1n) is 12.2. The van der Waals surface area contributed by atoms with Crippen molar-refractivity contribution in [2.24, 2.45) is 11.3 Å². The third-order valence-corrected chi connectivity index (χ3v) is 8.11. The summed E-state index contributed by atoms with van der Waals surface area (Å²) < 4.78 is 10.6. The number of aromatic amines is 1. The van der Waals surface area contributed by atoms with Gasteiger partial charge in [-0.2, -0.15) is 0 Å². The second-order valence-corrected chi connectivity index (χ2v) is 11.4. The SMILES string of the molecule is COc1ccc(CCNC(=O)CCc2nc3sc4c(c3c(=O)[nH]2)CC[C@H](C(C)(C)C)C4)cc1OC. The molecule has 1 atom stereocenters. The smallest absolute Gasteiger partial charge is 0.259 e. The van der Waals surface area contributed by atoms with Gasteiger partial charge in [-0.15, -0.1) is 11.3 Å². The van der Waals surface area contributed by atoms with Gasteiger partial charge in [0.25, 0.3) is 5.56 Å². The molecule has 0 spiro atoms. The number of aryl methyl sites for hydroxylation is 2. The van der Waals surface area contributed by atoms with Gasteiger partial charge < -0.3 is 19.8 Å². The second-order valence-electron chi connectivity index (χ2n) is 10.3. The lowest BCUT2D eigenvalue weighted by atomic mass is 9.72. The number of nitrogens with one attached hydrogen (secondary N) is 2. The molecule has 2 aromatic heterocycles. The number of H-pyrrole nitrogens is 1. The Balaban J connectivity index is 1.34. The summed E-state index contributed by atoms with van der Waals surface area (Å²) in [4.78, 5) is 35.0. The topological polar surface area (TPSA) is 93.3 Å². The number of hydrogen-bond donors (Lipinski definition) is 2. The van der Waals surface area contributed by atoms with Gasteiger partial charge in [0.1, 0.15) is 10.7 Å². The molecule has 7 nitrogen and oxygen atoms in total.